The van der Waals surface area contributed by atoms with Crippen LogP contribution in [0.3, 0.4) is 0 Å². The Morgan fingerprint density at radius 3 is 1.63 bits per heavy atom. The van der Waals surface area contributed by atoms with Crippen molar-refractivity contribution in [3.63, 3.8) is 0 Å². The van der Waals surface area contributed by atoms with Gasteiger partial charge in [-0.15, -0.1) is 0 Å². The van der Waals surface area contributed by atoms with Crippen LogP contribution in [0.5, 0.6) is 0 Å². The van der Waals surface area contributed by atoms with Crippen molar-refractivity contribution in [1.29, 1.82) is 0 Å². The fraction of sp³-hybridized carbons (Fsp3) is 0.0690. The lowest BCUT2D eigenvalue weighted by Crippen LogP contribution is -1.81. The van der Waals surface area contributed by atoms with Crippen LogP contribution in [-0.4, -0.2) is 29.9 Å². The molecule has 0 aliphatic heterocycles. The van der Waals surface area contributed by atoms with Crippen molar-refractivity contribution < 1.29 is 0 Å². The first-order chi connectivity index (χ1) is 17.2. The monoisotopic (exact) mass is 454 g/mol. The van der Waals surface area contributed by atoms with Crippen LogP contribution in [0, 0.1) is 0 Å². The number of aromatic nitrogens is 6. The maximum atomic E-state index is 4.83. The molecule has 0 amide bonds. The number of aryl methyl sites for hydroxylation is 1. The molecule has 35 heavy (non-hydrogen) atoms. The first-order valence-electron chi connectivity index (χ1n) is 11.8. The molecule has 0 unspecified atom stereocenters. The number of hydrogen-bond donors (Lipinski definition) is 3. The van der Waals surface area contributed by atoms with Crippen molar-refractivity contribution in [2.75, 3.05) is 0 Å². The van der Waals surface area contributed by atoms with Crippen molar-refractivity contribution in [2.24, 2.45) is 0 Å². The molecule has 6 heteroatoms. The number of imidazole rings is 3. The first-order valence-corrected chi connectivity index (χ1v) is 11.8. The van der Waals surface area contributed by atoms with Crippen molar-refractivity contribution in [3.8, 4) is 33.9 Å². The van der Waals surface area contributed by atoms with Crippen LogP contribution in [0.25, 0.3) is 67.0 Å². The van der Waals surface area contributed by atoms with E-state index in [4.69, 9.17) is 9.97 Å². The molecular weight excluding hydrogens is 432 g/mol. The van der Waals surface area contributed by atoms with E-state index in [1.807, 2.05) is 18.2 Å². The average Bonchev–Trinajstić information content (AvgIpc) is 3.63. The van der Waals surface area contributed by atoms with Gasteiger partial charge in [0.25, 0.3) is 0 Å². The van der Waals surface area contributed by atoms with Gasteiger partial charge in [-0.1, -0.05) is 43.3 Å². The second-order valence-electron chi connectivity index (χ2n) is 8.77. The molecular formula is C29H22N6. The van der Waals surface area contributed by atoms with E-state index in [0.29, 0.717) is 0 Å². The standard InChI is InChI=1S/C29H22N6/c1-2-27-30-21-12-9-19(15-24(21)31-27)28-33-23-13-10-20(16-26(23)35-28)29-32-22-11-8-18(14-25(22)34-29)17-6-4-3-5-7-17/h3-16H,2H2,1H3,(H,30,31)(H,32,34)(H,33,35). The SMILES string of the molecule is CCc1nc2ccc(-c3nc4ccc(-c5nc6ccc(-c7ccccc7)cc6[nH]5)cc4[nH]3)cc2[nH]1. The van der Waals surface area contributed by atoms with E-state index >= 15 is 0 Å². The van der Waals surface area contributed by atoms with Gasteiger partial charge in [0.15, 0.2) is 0 Å². The number of rotatable bonds is 4. The van der Waals surface area contributed by atoms with E-state index in [0.717, 1.165) is 68.1 Å². The molecule has 3 N–H and O–H groups in total. The van der Waals surface area contributed by atoms with Gasteiger partial charge in [-0.3, -0.25) is 0 Å². The quantitative estimate of drug-likeness (QED) is 0.271. The Bertz CT molecular complexity index is 1840. The zero-order valence-corrected chi connectivity index (χ0v) is 19.1. The molecule has 0 saturated carbocycles. The summed E-state index contributed by atoms with van der Waals surface area (Å²) in [6.07, 6.45) is 0.882. The molecule has 0 fully saturated rings. The minimum Gasteiger partial charge on any atom is -0.342 e. The smallest absolute Gasteiger partial charge is 0.138 e. The third kappa shape index (κ3) is 3.38. The predicted molar refractivity (Wildman–Crippen MR) is 141 cm³/mol. The highest BCUT2D eigenvalue weighted by atomic mass is 14.9. The van der Waals surface area contributed by atoms with Gasteiger partial charge < -0.3 is 15.0 Å². The molecule has 0 atom stereocenters. The van der Waals surface area contributed by atoms with Crippen molar-refractivity contribution >= 4 is 33.1 Å². The summed E-state index contributed by atoms with van der Waals surface area (Å²) >= 11 is 0. The topological polar surface area (TPSA) is 86.0 Å². The van der Waals surface area contributed by atoms with Crippen LogP contribution in [0.4, 0.5) is 0 Å². The summed E-state index contributed by atoms with van der Waals surface area (Å²) in [6, 6.07) is 29.1. The zero-order valence-electron chi connectivity index (χ0n) is 19.1. The Hall–Kier alpha value is -4.71. The number of H-pyrrole nitrogens is 3. The molecule has 0 saturated heterocycles. The molecule has 3 heterocycles. The molecule has 0 bridgehead atoms. The molecule has 7 aromatic rings. The molecule has 0 radical (unpaired) electrons. The minimum atomic E-state index is 0.837. The molecule has 3 aromatic heterocycles. The number of nitrogens with zero attached hydrogens (tertiary/aromatic N) is 3. The minimum absolute atomic E-state index is 0.837. The van der Waals surface area contributed by atoms with E-state index in [2.05, 4.69) is 93.6 Å². The van der Waals surface area contributed by atoms with Crippen molar-refractivity contribution in [3.05, 3.63) is 90.8 Å². The van der Waals surface area contributed by atoms with Crippen LogP contribution in [0.1, 0.15) is 12.7 Å². The summed E-state index contributed by atoms with van der Waals surface area (Å²) in [5.74, 6) is 2.67. The van der Waals surface area contributed by atoms with E-state index in [9.17, 15) is 0 Å². The number of nitrogens with one attached hydrogen (secondary N) is 3. The Morgan fingerprint density at radius 1 is 0.514 bits per heavy atom. The number of hydrogen-bond acceptors (Lipinski definition) is 3. The summed E-state index contributed by atoms with van der Waals surface area (Å²) in [5.41, 5.74) is 10.3. The first kappa shape index (κ1) is 19.7. The maximum absolute atomic E-state index is 4.83. The number of benzene rings is 4. The Labute approximate surface area is 201 Å². The lowest BCUT2D eigenvalue weighted by Gasteiger charge is -2.00. The van der Waals surface area contributed by atoms with Crippen LogP contribution in [-0.2, 0) is 6.42 Å². The fourth-order valence-corrected chi connectivity index (χ4v) is 4.63. The molecule has 6 nitrogen and oxygen atoms in total. The van der Waals surface area contributed by atoms with Gasteiger partial charge in [-0.25, -0.2) is 15.0 Å². The largest absolute Gasteiger partial charge is 0.342 e. The van der Waals surface area contributed by atoms with Crippen molar-refractivity contribution in [1.82, 2.24) is 29.9 Å². The van der Waals surface area contributed by atoms with Gasteiger partial charge in [0.2, 0.25) is 0 Å². The zero-order chi connectivity index (χ0) is 23.4. The molecule has 4 aromatic carbocycles. The van der Waals surface area contributed by atoms with Crippen LogP contribution >= 0.6 is 0 Å². The predicted octanol–water partition coefficient (Wildman–Crippen LogP) is 6.88. The van der Waals surface area contributed by atoms with Gasteiger partial charge in [0, 0.05) is 17.5 Å². The van der Waals surface area contributed by atoms with Gasteiger partial charge in [-0.2, -0.15) is 0 Å². The van der Waals surface area contributed by atoms with Crippen LogP contribution in [0.2, 0.25) is 0 Å². The highest BCUT2D eigenvalue weighted by Crippen LogP contribution is 2.29. The van der Waals surface area contributed by atoms with Crippen molar-refractivity contribution in [2.45, 2.75) is 13.3 Å². The normalized spacial score (nSPS) is 11.7. The highest BCUT2D eigenvalue weighted by Gasteiger charge is 2.12. The lowest BCUT2D eigenvalue weighted by atomic mass is 10.1. The molecule has 0 aliphatic carbocycles. The van der Waals surface area contributed by atoms with Gasteiger partial charge in [0.1, 0.15) is 17.5 Å². The maximum Gasteiger partial charge on any atom is 0.138 e. The van der Waals surface area contributed by atoms with E-state index in [1.165, 1.54) is 11.1 Å². The molecule has 7 rings (SSSR count). The van der Waals surface area contributed by atoms with Crippen LogP contribution < -0.4 is 0 Å². The van der Waals surface area contributed by atoms with E-state index < -0.39 is 0 Å². The summed E-state index contributed by atoms with van der Waals surface area (Å²) in [6.45, 7) is 2.10. The van der Waals surface area contributed by atoms with Gasteiger partial charge >= 0.3 is 0 Å². The summed E-state index contributed by atoms with van der Waals surface area (Å²) in [5, 5.41) is 0. The van der Waals surface area contributed by atoms with Gasteiger partial charge in [0.05, 0.1) is 33.1 Å². The summed E-state index contributed by atoms with van der Waals surface area (Å²) < 4.78 is 0. The number of fused-ring (bicyclic) bond motifs is 3. The van der Waals surface area contributed by atoms with Crippen LogP contribution in [0.15, 0.2) is 84.9 Å². The Morgan fingerprint density at radius 2 is 1.03 bits per heavy atom. The lowest BCUT2D eigenvalue weighted by molar-refractivity contribution is 1.00. The van der Waals surface area contributed by atoms with E-state index in [-0.39, 0.29) is 0 Å². The molecule has 0 spiro atoms. The highest BCUT2D eigenvalue weighted by molar-refractivity contribution is 5.88. The third-order valence-corrected chi connectivity index (χ3v) is 6.48. The number of aromatic amines is 3. The second kappa shape index (κ2) is 7.67. The average molecular weight is 455 g/mol. The molecule has 0 aliphatic rings. The summed E-state index contributed by atoms with van der Waals surface area (Å²) in [7, 11) is 0. The fourth-order valence-electron chi connectivity index (χ4n) is 4.63. The third-order valence-electron chi connectivity index (χ3n) is 6.48. The summed E-state index contributed by atoms with van der Waals surface area (Å²) in [4.78, 5) is 24.6. The van der Waals surface area contributed by atoms with Gasteiger partial charge in [-0.05, 0) is 59.7 Å². The van der Waals surface area contributed by atoms with E-state index in [1.54, 1.807) is 0 Å². The Kier molecular flexibility index (Phi) is 4.32. The second-order valence-corrected chi connectivity index (χ2v) is 8.77. The Balaban J connectivity index is 1.25. The molecule has 168 valence electrons.